The van der Waals surface area contributed by atoms with Gasteiger partial charge in [-0.25, -0.2) is 9.78 Å². The fourth-order valence-electron chi connectivity index (χ4n) is 5.97. The zero-order valence-electron chi connectivity index (χ0n) is 24.1. The number of hydrogen-bond acceptors (Lipinski definition) is 6. The maximum Gasteiger partial charge on any atom is 0.337 e. The van der Waals surface area contributed by atoms with E-state index in [2.05, 4.69) is 60.1 Å². The van der Waals surface area contributed by atoms with Gasteiger partial charge in [-0.15, -0.1) is 0 Å². The van der Waals surface area contributed by atoms with Crippen LogP contribution in [0.2, 0.25) is 0 Å². The van der Waals surface area contributed by atoms with E-state index in [1.54, 1.807) is 12.1 Å². The van der Waals surface area contributed by atoms with Crippen LogP contribution in [0.15, 0.2) is 75.6 Å². The third-order valence-corrected chi connectivity index (χ3v) is 8.18. The number of oxazole rings is 1. The molecule has 212 valence electrons. The molecule has 0 amide bonds. The summed E-state index contributed by atoms with van der Waals surface area (Å²) in [4.78, 5) is 23.0. The lowest BCUT2D eigenvalue weighted by Crippen LogP contribution is -2.25. The number of ether oxygens (including phenoxy) is 1. The third kappa shape index (κ3) is 4.19. The van der Waals surface area contributed by atoms with E-state index in [-0.39, 0.29) is 5.97 Å². The van der Waals surface area contributed by atoms with Crippen molar-refractivity contribution in [1.29, 1.82) is 0 Å². The Morgan fingerprint density at radius 1 is 0.881 bits per heavy atom. The van der Waals surface area contributed by atoms with Gasteiger partial charge in [-0.2, -0.15) is 0 Å². The van der Waals surface area contributed by atoms with Crippen molar-refractivity contribution in [2.45, 2.75) is 39.5 Å². The molecule has 3 heterocycles. The topological polar surface area (TPSA) is 84.5 Å². The number of nitrogens with one attached hydrogen (secondary N) is 1. The van der Waals surface area contributed by atoms with Gasteiger partial charge in [-0.1, -0.05) is 44.9 Å². The zero-order valence-corrected chi connectivity index (χ0v) is 24.1. The van der Waals surface area contributed by atoms with Crippen LogP contribution in [-0.2, 0) is 4.74 Å². The fraction of sp³-hybridized carbons (Fsp3) is 0.257. The van der Waals surface area contributed by atoms with Gasteiger partial charge in [-0.05, 0) is 55.3 Å². The molecule has 4 aromatic carbocycles. The number of unbranched alkanes of at least 4 members (excludes halogenated alkanes) is 2. The molecule has 7 aromatic rings. The molecule has 0 fully saturated rings. The molecule has 1 N–H and O–H groups in total. The highest BCUT2D eigenvalue weighted by Crippen LogP contribution is 2.45. The van der Waals surface area contributed by atoms with Gasteiger partial charge in [0.1, 0.15) is 5.58 Å². The van der Waals surface area contributed by atoms with E-state index in [0.717, 1.165) is 82.5 Å². The van der Waals surface area contributed by atoms with Crippen LogP contribution in [0, 0.1) is 0 Å². The minimum Gasteiger partial charge on any atom is -0.465 e. The van der Waals surface area contributed by atoms with Gasteiger partial charge < -0.3 is 23.5 Å². The molecule has 0 saturated heterocycles. The minimum absolute atomic E-state index is 0.384. The number of rotatable bonds is 9. The summed E-state index contributed by atoms with van der Waals surface area (Å²) in [6.07, 6.45) is 4.62. The predicted octanol–water partition coefficient (Wildman–Crippen LogP) is 9.22. The Morgan fingerprint density at radius 3 is 2.38 bits per heavy atom. The van der Waals surface area contributed by atoms with Crippen LogP contribution in [0.25, 0.3) is 66.3 Å². The molecule has 7 rings (SSSR count). The highest BCUT2D eigenvalue weighted by molar-refractivity contribution is 6.34. The molecule has 3 aromatic heterocycles. The lowest BCUT2D eigenvalue weighted by molar-refractivity contribution is 0.0600. The number of carbonyl (C=O) groups is 1. The molecule has 0 aliphatic rings. The van der Waals surface area contributed by atoms with Gasteiger partial charge in [0.25, 0.3) is 0 Å². The van der Waals surface area contributed by atoms with Crippen molar-refractivity contribution in [2.75, 3.05) is 25.1 Å². The summed E-state index contributed by atoms with van der Waals surface area (Å²) in [6.45, 7) is 6.52. The zero-order chi connectivity index (χ0) is 28.8. The summed E-state index contributed by atoms with van der Waals surface area (Å²) in [5, 5.41) is 4.27. The summed E-state index contributed by atoms with van der Waals surface area (Å²) >= 11 is 0. The van der Waals surface area contributed by atoms with Crippen LogP contribution < -0.4 is 4.90 Å². The SMILES string of the molecule is CCCCN(CCCC)c1ccc2c(c1)oc1c3nc(-c4ccc(C(=O)OC)cc4)oc3c3[nH]c4ccccc4c3c21. The number of para-hydroxylation sites is 1. The summed E-state index contributed by atoms with van der Waals surface area (Å²) in [5.41, 5.74) is 7.20. The second-order valence-corrected chi connectivity index (χ2v) is 10.9. The van der Waals surface area contributed by atoms with E-state index < -0.39 is 0 Å². The van der Waals surface area contributed by atoms with Crippen molar-refractivity contribution in [3.8, 4) is 11.5 Å². The number of esters is 1. The smallest absolute Gasteiger partial charge is 0.337 e. The van der Waals surface area contributed by atoms with Crippen LogP contribution in [0.3, 0.4) is 0 Å². The summed E-state index contributed by atoms with van der Waals surface area (Å²) in [6, 6.07) is 22.0. The average Bonchev–Trinajstić information content (AvgIpc) is 3.74. The first-order valence-electron chi connectivity index (χ1n) is 14.7. The first kappa shape index (κ1) is 26.1. The molecule has 0 saturated carbocycles. The highest BCUT2D eigenvalue weighted by Gasteiger charge is 2.24. The number of fused-ring (bicyclic) bond motifs is 10. The van der Waals surface area contributed by atoms with Gasteiger partial charge in [-0.3, -0.25) is 0 Å². The number of benzene rings is 4. The summed E-state index contributed by atoms with van der Waals surface area (Å²) in [5.74, 6) is 0.0746. The number of aromatic nitrogens is 2. The Hall–Kier alpha value is -4.78. The fourth-order valence-corrected chi connectivity index (χ4v) is 5.97. The second-order valence-electron chi connectivity index (χ2n) is 10.9. The first-order chi connectivity index (χ1) is 20.6. The van der Waals surface area contributed by atoms with Gasteiger partial charge in [0.15, 0.2) is 16.7 Å². The van der Waals surface area contributed by atoms with Crippen LogP contribution in [-0.4, -0.2) is 36.1 Å². The largest absolute Gasteiger partial charge is 0.465 e. The first-order valence-corrected chi connectivity index (χ1v) is 14.7. The number of anilines is 1. The van der Waals surface area contributed by atoms with Gasteiger partial charge in [0.05, 0.1) is 18.2 Å². The Balaban J connectivity index is 1.47. The lowest BCUT2D eigenvalue weighted by Gasteiger charge is -2.24. The number of methoxy groups -OCH3 is 1. The Labute approximate surface area is 243 Å². The van der Waals surface area contributed by atoms with E-state index in [1.807, 2.05) is 18.2 Å². The monoisotopic (exact) mass is 559 g/mol. The number of aromatic amines is 1. The standard InChI is InChI=1S/C35H33N3O4/c1-4-6-18-38(19-7-5-2)23-16-17-25-27(20-23)41-32-29(25)28-24-10-8-9-11-26(24)36-30(28)33-31(32)37-34(42-33)21-12-14-22(15-13-21)35(39)40-3/h8-17,20,36H,4-7,18-19H2,1-3H3. The maximum absolute atomic E-state index is 12.0. The predicted molar refractivity (Wildman–Crippen MR) is 169 cm³/mol. The van der Waals surface area contributed by atoms with Gasteiger partial charge in [0.2, 0.25) is 5.89 Å². The lowest BCUT2D eigenvalue weighted by atomic mass is 10.0. The number of H-pyrrole nitrogens is 1. The van der Waals surface area contributed by atoms with Gasteiger partial charge >= 0.3 is 5.97 Å². The Bertz CT molecular complexity index is 2070. The van der Waals surface area contributed by atoms with Crippen LogP contribution in [0.5, 0.6) is 0 Å². The normalized spacial score (nSPS) is 11.9. The molecular formula is C35H33N3O4. The third-order valence-electron chi connectivity index (χ3n) is 8.18. The van der Waals surface area contributed by atoms with Crippen molar-refractivity contribution in [2.24, 2.45) is 0 Å². The molecule has 0 spiro atoms. The maximum atomic E-state index is 12.0. The molecule has 0 atom stereocenters. The van der Waals surface area contributed by atoms with E-state index >= 15 is 0 Å². The van der Waals surface area contributed by atoms with Crippen LogP contribution in [0.1, 0.15) is 49.9 Å². The molecule has 7 heteroatoms. The molecule has 7 nitrogen and oxygen atoms in total. The highest BCUT2D eigenvalue weighted by atomic mass is 16.5. The van der Waals surface area contributed by atoms with Crippen molar-refractivity contribution in [3.05, 3.63) is 72.3 Å². The van der Waals surface area contributed by atoms with Gasteiger partial charge in [0, 0.05) is 57.5 Å². The van der Waals surface area contributed by atoms with E-state index in [4.69, 9.17) is 18.6 Å². The number of carbonyl (C=O) groups excluding carboxylic acids is 1. The van der Waals surface area contributed by atoms with E-state index in [9.17, 15) is 4.79 Å². The molecular weight excluding hydrogens is 526 g/mol. The summed E-state index contributed by atoms with van der Waals surface area (Å²) < 4.78 is 18.0. The van der Waals surface area contributed by atoms with Crippen molar-refractivity contribution in [3.63, 3.8) is 0 Å². The molecule has 0 bridgehead atoms. The number of furan rings is 1. The van der Waals surface area contributed by atoms with Crippen molar-refractivity contribution in [1.82, 2.24) is 9.97 Å². The quantitative estimate of drug-likeness (QED) is 0.177. The minimum atomic E-state index is -0.384. The van der Waals surface area contributed by atoms with E-state index in [0.29, 0.717) is 28.1 Å². The molecule has 42 heavy (non-hydrogen) atoms. The van der Waals surface area contributed by atoms with Crippen LogP contribution in [0.4, 0.5) is 5.69 Å². The molecule has 0 aliphatic carbocycles. The van der Waals surface area contributed by atoms with Crippen molar-refractivity contribution < 1.29 is 18.4 Å². The summed E-state index contributed by atoms with van der Waals surface area (Å²) in [7, 11) is 1.37. The van der Waals surface area contributed by atoms with Crippen molar-refractivity contribution >= 4 is 66.5 Å². The molecule has 0 radical (unpaired) electrons. The Kier molecular flexibility index (Phi) is 6.57. The number of nitrogens with zero attached hydrogens (tertiary/aromatic N) is 2. The Morgan fingerprint density at radius 2 is 1.64 bits per heavy atom. The molecule has 0 unspecified atom stereocenters. The molecule has 0 aliphatic heterocycles. The van der Waals surface area contributed by atoms with E-state index in [1.165, 1.54) is 12.8 Å². The second kappa shape index (κ2) is 10.6. The van der Waals surface area contributed by atoms with Crippen LogP contribution >= 0.6 is 0 Å². The number of hydrogen-bond donors (Lipinski definition) is 1. The average molecular weight is 560 g/mol.